The lowest BCUT2D eigenvalue weighted by Crippen LogP contribution is -2.46. The fourth-order valence-electron chi connectivity index (χ4n) is 3.02. The van der Waals surface area contributed by atoms with E-state index in [1.165, 1.54) is 0 Å². The zero-order valence-corrected chi connectivity index (χ0v) is 15.9. The Morgan fingerprint density at radius 2 is 1.96 bits per heavy atom. The number of aryl methyl sites for hydroxylation is 1. The molecule has 0 unspecified atom stereocenters. The molecule has 1 aliphatic rings. The van der Waals surface area contributed by atoms with Crippen LogP contribution in [0.4, 0.5) is 24.5 Å². The second kappa shape index (κ2) is 7.61. The maximum atomic E-state index is 13.0. The van der Waals surface area contributed by atoms with E-state index in [0.717, 1.165) is 16.8 Å². The summed E-state index contributed by atoms with van der Waals surface area (Å²) in [5.41, 5.74) is -0.705. The van der Waals surface area contributed by atoms with Crippen LogP contribution in [0, 0.1) is 17.0 Å². The number of anilines is 1. The van der Waals surface area contributed by atoms with E-state index in [-0.39, 0.29) is 5.69 Å². The van der Waals surface area contributed by atoms with Gasteiger partial charge in [-0.25, -0.2) is 4.98 Å². The van der Waals surface area contributed by atoms with Crippen LogP contribution < -0.4 is 4.90 Å². The number of rotatable bonds is 4. The van der Waals surface area contributed by atoms with Crippen LogP contribution in [0.25, 0.3) is 0 Å². The molecule has 146 valence electrons. The first-order chi connectivity index (χ1) is 12.6. The summed E-state index contributed by atoms with van der Waals surface area (Å²) in [6.45, 7) is 4.74. The highest BCUT2D eigenvalue weighted by atomic mass is 35.5. The number of alkyl halides is 3. The van der Waals surface area contributed by atoms with Gasteiger partial charge in [0.15, 0.2) is 0 Å². The fourth-order valence-corrected chi connectivity index (χ4v) is 3.89. The average Bonchev–Trinajstić information content (AvgIpc) is 2.99. The van der Waals surface area contributed by atoms with Gasteiger partial charge in [0.05, 0.1) is 26.2 Å². The van der Waals surface area contributed by atoms with E-state index in [1.54, 1.807) is 16.2 Å². The van der Waals surface area contributed by atoms with E-state index in [9.17, 15) is 23.3 Å². The van der Waals surface area contributed by atoms with Crippen molar-refractivity contribution in [2.75, 3.05) is 31.1 Å². The van der Waals surface area contributed by atoms with Crippen molar-refractivity contribution >= 4 is 34.3 Å². The molecule has 0 spiro atoms. The minimum atomic E-state index is -4.75. The van der Waals surface area contributed by atoms with Gasteiger partial charge >= 0.3 is 6.18 Å². The lowest BCUT2D eigenvalue weighted by Gasteiger charge is -2.35. The Bertz CT molecular complexity index is 851. The standard InChI is InChI=1S/C16H16ClF3N4O2S/c1-10-21-11(9-27-10)8-22-2-4-23(5-3-22)14-7-13(17)12(16(18,19)20)6-15(14)24(25)26/h6-7,9H,2-5,8H2,1H3. The fraction of sp³-hybridized carbons (Fsp3) is 0.438. The molecule has 1 fully saturated rings. The highest BCUT2D eigenvalue weighted by Crippen LogP contribution is 2.41. The number of halogens is 4. The average molecular weight is 421 g/mol. The van der Waals surface area contributed by atoms with Crippen molar-refractivity contribution in [1.82, 2.24) is 9.88 Å². The van der Waals surface area contributed by atoms with Gasteiger partial charge < -0.3 is 4.90 Å². The third-order valence-corrected chi connectivity index (χ3v) is 5.47. The Kier molecular flexibility index (Phi) is 5.59. The van der Waals surface area contributed by atoms with Gasteiger partial charge in [0.25, 0.3) is 5.69 Å². The van der Waals surface area contributed by atoms with Crippen LogP contribution in [0.1, 0.15) is 16.3 Å². The molecular formula is C16H16ClF3N4O2S. The third-order valence-electron chi connectivity index (χ3n) is 4.33. The van der Waals surface area contributed by atoms with Crippen LogP contribution >= 0.6 is 22.9 Å². The molecule has 1 aromatic heterocycles. The molecule has 6 nitrogen and oxygen atoms in total. The Morgan fingerprint density at radius 3 is 2.48 bits per heavy atom. The molecule has 11 heteroatoms. The van der Waals surface area contributed by atoms with Crippen molar-refractivity contribution in [3.05, 3.63) is 48.9 Å². The first kappa shape index (κ1) is 19.8. The van der Waals surface area contributed by atoms with Crippen molar-refractivity contribution < 1.29 is 18.1 Å². The topological polar surface area (TPSA) is 62.5 Å². The molecule has 0 bridgehead atoms. The maximum Gasteiger partial charge on any atom is 0.418 e. The highest BCUT2D eigenvalue weighted by molar-refractivity contribution is 7.09. The van der Waals surface area contributed by atoms with Crippen molar-refractivity contribution in [3.8, 4) is 0 Å². The number of nitro benzene ring substituents is 1. The Hall–Kier alpha value is -1.91. The first-order valence-electron chi connectivity index (χ1n) is 8.08. The maximum absolute atomic E-state index is 13.0. The molecule has 0 amide bonds. The van der Waals surface area contributed by atoms with E-state index in [2.05, 4.69) is 9.88 Å². The molecular weight excluding hydrogens is 405 g/mol. The number of nitro groups is 1. The van der Waals surface area contributed by atoms with Crippen molar-refractivity contribution in [3.63, 3.8) is 0 Å². The van der Waals surface area contributed by atoms with Crippen LogP contribution in [0.15, 0.2) is 17.5 Å². The molecule has 0 N–H and O–H groups in total. The van der Waals surface area contributed by atoms with Gasteiger partial charge in [-0.2, -0.15) is 13.2 Å². The van der Waals surface area contributed by atoms with Crippen LogP contribution in [-0.4, -0.2) is 41.0 Å². The summed E-state index contributed by atoms with van der Waals surface area (Å²) in [5, 5.41) is 13.7. The molecule has 2 aromatic rings. The molecule has 3 rings (SSSR count). The normalized spacial score (nSPS) is 16.0. The minimum Gasteiger partial charge on any atom is -0.363 e. The molecule has 1 aromatic carbocycles. The van der Waals surface area contributed by atoms with Gasteiger partial charge in [-0.15, -0.1) is 11.3 Å². The number of benzene rings is 1. The summed E-state index contributed by atoms with van der Waals surface area (Å²) < 4.78 is 39.0. The summed E-state index contributed by atoms with van der Waals surface area (Å²) >= 11 is 7.33. The molecule has 1 aliphatic heterocycles. The van der Waals surface area contributed by atoms with E-state index in [1.807, 2.05) is 12.3 Å². The van der Waals surface area contributed by atoms with E-state index < -0.39 is 27.4 Å². The highest BCUT2D eigenvalue weighted by Gasteiger charge is 2.37. The number of hydrogen-bond donors (Lipinski definition) is 0. The Labute approximate surface area is 162 Å². The Morgan fingerprint density at radius 1 is 1.30 bits per heavy atom. The largest absolute Gasteiger partial charge is 0.418 e. The van der Waals surface area contributed by atoms with Crippen LogP contribution in [0.5, 0.6) is 0 Å². The zero-order valence-electron chi connectivity index (χ0n) is 14.3. The first-order valence-corrected chi connectivity index (χ1v) is 9.34. The summed E-state index contributed by atoms with van der Waals surface area (Å²) in [6, 6.07) is 1.56. The van der Waals surface area contributed by atoms with Gasteiger partial charge in [-0.1, -0.05) is 11.6 Å². The molecule has 1 saturated heterocycles. The van der Waals surface area contributed by atoms with Gasteiger partial charge in [0.2, 0.25) is 0 Å². The van der Waals surface area contributed by atoms with E-state index >= 15 is 0 Å². The van der Waals surface area contributed by atoms with Crippen molar-refractivity contribution in [2.45, 2.75) is 19.6 Å². The Balaban J connectivity index is 1.77. The number of aromatic nitrogens is 1. The van der Waals surface area contributed by atoms with Crippen LogP contribution in [0.2, 0.25) is 5.02 Å². The molecule has 0 saturated carbocycles. The number of hydrogen-bond acceptors (Lipinski definition) is 6. The van der Waals surface area contributed by atoms with Gasteiger partial charge in [0, 0.05) is 44.2 Å². The lowest BCUT2D eigenvalue weighted by atomic mass is 10.1. The zero-order chi connectivity index (χ0) is 19.8. The molecule has 0 aliphatic carbocycles. The summed E-state index contributed by atoms with van der Waals surface area (Å²) in [7, 11) is 0. The molecule has 0 atom stereocenters. The second-order valence-electron chi connectivity index (χ2n) is 6.20. The van der Waals surface area contributed by atoms with Gasteiger partial charge in [0.1, 0.15) is 5.69 Å². The summed E-state index contributed by atoms with van der Waals surface area (Å²) in [6.07, 6.45) is -4.75. The quantitative estimate of drug-likeness (QED) is 0.543. The molecule has 27 heavy (non-hydrogen) atoms. The predicted molar refractivity (Wildman–Crippen MR) is 97.4 cm³/mol. The van der Waals surface area contributed by atoms with Gasteiger partial charge in [-0.3, -0.25) is 15.0 Å². The van der Waals surface area contributed by atoms with Crippen molar-refractivity contribution in [1.29, 1.82) is 0 Å². The monoisotopic (exact) mass is 420 g/mol. The molecule has 2 heterocycles. The SMILES string of the molecule is Cc1nc(CN2CCN(c3cc(Cl)c(C(F)(F)F)cc3[N+](=O)[O-])CC2)cs1. The number of thiazole rings is 1. The minimum absolute atomic E-state index is 0.113. The predicted octanol–water partition coefficient (Wildman–Crippen LogP) is 4.35. The third kappa shape index (κ3) is 4.50. The second-order valence-corrected chi connectivity index (χ2v) is 7.67. The van der Waals surface area contributed by atoms with E-state index in [0.29, 0.717) is 38.8 Å². The van der Waals surface area contributed by atoms with E-state index in [4.69, 9.17) is 11.6 Å². The molecule has 0 radical (unpaired) electrons. The summed E-state index contributed by atoms with van der Waals surface area (Å²) in [4.78, 5) is 18.8. The van der Waals surface area contributed by atoms with Crippen LogP contribution in [-0.2, 0) is 12.7 Å². The van der Waals surface area contributed by atoms with Crippen LogP contribution in [0.3, 0.4) is 0 Å². The number of piperazine rings is 1. The smallest absolute Gasteiger partial charge is 0.363 e. The number of nitrogens with zero attached hydrogens (tertiary/aromatic N) is 4. The summed E-state index contributed by atoms with van der Waals surface area (Å²) in [5.74, 6) is 0. The van der Waals surface area contributed by atoms with Crippen molar-refractivity contribution in [2.24, 2.45) is 0 Å². The van der Waals surface area contributed by atoms with Gasteiger partial charge in [-0.05, 0) is 13.0 Å². The lowest BCUT2D eigenvalue weighted by molar-refractivity contribution is -0.384.